The summed E-state index contributed by atoms with van der Waals surface area (Å²) in [5, 5.41) is 3.43. The second-order valence-corrected chi connectivity index (χ2v) is 12.6. The maximum absolute atomic E-state index is 14.2. The number of hydrogen-bond donors (Lipinski definition) is 1. The molecule has 0 spiro atoms. The van der Waals surface area contributed by atoms with Crippen molar-refractivity contribution in [2.75, 3.05) is 31.6 Å². The highest BCUT2D eigenvalue weighted by atomic mass is 35.5. The molecule has 43 heavy (non-hydrogen) atoms. The number of amides is 2. The number of rotatable bonds is 13. The second kappa shape index (κ2) is 14.8. The molecule has 9 nitrogen and oxygen atoms in total. The molecule has 0 saturated carbocycles. The molecule has 232 valence electrons. The fraction of sp³-hybridized carbons (Fsp3) is 0.355. The lowest BCUT2D eigenvalue weighted by molar-refractivity contribution is -0.140. The molecular formula is C31H37Cl2N3O6S. The van der Waals surface area contributed by atoms with Crippen LogP contribution >= 0.6 is 23.2 Å². The fourth-order valence-electron chi connectivity index (χ4n) is 4.77. The number of nitrogens with zero attached hydrogens (tertiary/aromatic N) is 2. The normalized spacial score (nSPS) is 11.9. The van der Waals surface area contributed by atoms with Gasteiger partial charge in [0.05, 0.1) is 34.8 Å². The molecule has 1 atom stereocenters. The molecule has 1 N–H and O–H groups in total. The summed E-state index contributed by atoms with van der Waals surface area (Å²) in [5.41, 5.74) is 2.57. The summed E-state index contributed by atoms with van der Waals surface area (Å²) in [5.74, 6) is -0.346. The third-order valence-electron chi connectivity index (χ3n) is 6.79. The van der Waals surface area contributed by atoms with Gasteiger partial charge in [0.1, 0.15) is 12.6 Å². The van der Waals surface area contributed by atoms with Gasteiger partial charge in [-0.25, -0.2) is 8.42 Å². The van der Waals surface area contributed by atoms with Crippen molar-refractivity contribution in [3.05, 3.63) is 81.3 Å². The molecule has 0 radical (unpaired) electrons. The molecule has 0 aliphatic carbocycles. The maximum atomic E-state index is 14.2. The highest BCUT2D eigenvalue weighted by Gasteiger charge is 2.34. The van der Waals surface area contributed by atoms with Gasteiger partial charge in [0.15, 0.2) is 11.5 Å². The van der Waals surface area contributed by atoms with Crippen molar-refractivity contribution in [2.45, 2.75) is 51.6 Å². The number of likely N-dealkylation sites (N-methyl/N-ethyl adjacent to an activating group) is 1. The first-order valence-electron chi connectivity index (χ1n) is 13.7. The van der Waals surface area contributed by atoms with E-state index in [0.717, 1.165) is 15.4 Å². The Balaban J connectivity index is 2.15. The van der Waals surface area contributed by atoms with Crippen molar-refractivity contribution in [2.24, 2.45) is 0 Å². The number of benzene rings is 3. The van der Waals surface area contributed by atoms with E-state index in [2.05, 4.69) is 5.32 Å². The zero-order valence-corrected chi connectivity index (χ0v) is 27.4. The van der Waals surface area contributed by atoms with E-state index in [4.69, 9.17) is 32.7 Å². The Morgan fingerprint density at radius 1 is 0.884 bits per heavy atom. The van der Waals surface area contributed by atoms with Crippen molar-refractivity contribution in [3.8, 4) is 11.5 Å². The second-order valence-electron chi connectivity index (χ2n) is 9.96. The van der Waals surface area contributed by atoms with Crippen LogP contribution in [-0.4, -0.2) is 58.5 Å². The largest absolute Gasteiger partial charge is 0.493 e. The van der Waals surface area contributed by atoms with Crippen LogP contribution in [0.25, 0.3) is 0 Å². The minimum atomic E-state index is -4.31. The van der Waals surface area contributed by atoms with E-state index < -0.39 is 28.5 Å². The lowest BCUT2D eigenvalue weighted by atomic mass is 10.1. The summed E-state index contributed by atoms with van der Waals surface area (Å²) >= 11 is 12.4. The first-order chi connectivity index (χ1) is 20.4. The van der Waals surface area contributed by atoms with Crippen LogP contribution in [0.3, 0.4) is 0 Å². The topological polar surface area (TPSA) is 105 Å². The number of aryl methyl sites for hydroxylation is 2. The van der Waals surface area contributed by atoms with Crippen molar-refractivity contribution in [1.82, 2.24) is 10.2 Å². The maximum Gasteiger partial charge on any atom is 0.264 e. The van der Waals surface area contributed by atoms with Crippen LogP contribution in [0.2, 0.25) is 10.0 Å². The molecule has 2 amide bonds. The third kappa shape index (κ3) is 8.13. The predicted octanol–water partition coefficient (Wildman–Crippen LogP) is 5.77. The molecule has 0 bridgehead atoms. The Labute approximate surface area is 263 Å². The smallest absolute Gasteiger partial charge is 0.264 e. The number of hydrogen-bond acceptors (Lipinski definition) is 6. The highest BCUT2D eigenvalue weighted by Crippen LogP contribution is 2.33. The van der Waals surface area contributed by atoms with Crippen molar-refractivity contribution in [1.29, 1.82) is 0 Å². The van der Waals surface area contributed by atoms with E-state index in [1.54, 1.807) is 44.2 Å². The highest BCUT2D eigenvalue weighted by molar-refractivity contribution is 7.92. The molecule has 0 heterocycles. The molecule has 0 aliphatic rings. The molecule has 12 heteroatoms. The van der Waals surface area contributed by atoms with E-state index >= 15 is 0 Å². The lowest BCUT2D eigenvalue weighted by Crippen LogP contribution is -2.52. The number of methoxy groups -OCH3 is 2. The van der Waals surface area contributed by atoms with Gasteiger partial charge in [-0.15, -0.1) is 0 Å². The van der Waals surface area contributed by atoms with Crippen LogP contribution in [0, 0.1) is 13.8 Å². The van der Waals surface area contributed by atoms with Gasteiger partial charge in [-0.1, -0.05) is 42.3 Å². The summed E-state index contributed by atoms with van der Waals surface area (Å²) < 4.78 is 40.2. The summed E-state index contributed by atoms with van der Waals surface area (Å²) in [7, 11) is -1.45. The molecule has 0 fully saturated rings. The number of sulfonamides is 1. The molecular weight excluding hydrogens is 613 g/mol. The van der Waals surface area contributed by atoms with E-state index in [1.807, 2.05) is 19.9 Å². The molecule has 3 aromatic rings. The van der Waals surface area contributed by atoms with E-state index in [1.165, 1.54) is 37.3 Å². The van der Waals surface area contributed by atoms with E-state index in [0.29, 0.717) is 40.0 Å². The Bertz CT molecular complexity index is 1560. The van der Waals surface area contributed by atoms with E-state index in [9.17, 15) is 18.0 Å². The zero-order chi connectivity index (χ0) is 31.9. The van der Waals surface area contributed by atoms with Crippen LogP contribution < -0.4 is 19.1 Å². The number of ether oxygens (including phenoxy) is 2. The van der Waals surface area contributed by atoms with Crippen LogP contribution in [0.4, 0.5) is 5.69 Å². The SMILES string of the molecule is CCNC(=O)C(CC)N(Cc1ccc(Cl)c(Cl)c1)C(=O)CN(c1cc(C)cc(C)c1)S(=O)(=O)c1ccc(OC)c(OC)c1. The molecule has 0 aromatic heterocycles. The van der Waals surface area contributed by atoms with Gasteiger partial charge in [-0.2, -0.15) is 0 Å². The summed E-state index contributed by atoms with van der Waals surface area (Å²) in [6.07, 6.45) is 0.297. The average Bonchev–Trinajstić information content (AvgIpc) is 2.96. The van der Waals surface area contributed by atoms with Gasteiger partial charge in [-0.3, -0.25) is 13.9 Å². The molecule has 3 rings (SSSR count). The number of halogens is 2. The first-order valence-corrected chi connectivity index (χ1v) is 15.9. The van der Waals surface area contributed by atoms with Crippen LogP contribution in [0.15, 0.2) is 59.5 Å². The summed E-state index contributed by atoms with van der Waals surface area (Å²) in [4.78, 5) is 28.6. The van der Waals surface area contributed by atoms with Gasteiger partial charge in [-0.05, 0) is 80.3 Å². The van der Waals surface area contributed by atoms with Crippen molar-refractivity contribution in [3.63, 3.8) is 0 Å². The van der Waals surface area contributed by atoms with E-state index in [-0.39, 0.29) is 23.1 Å². The van der Waals surface area contributed by atoms with Crippen molar-refractivity contribution < 1.29 is 27.5 Å². The number of anilines is 1. The minimum absolute atomic E-state index is 0.00244. The molecule has 0 saturated heterocycles. The Morgan fingerprint density at radius 2 is 1.53 bits per heavy atom. The minimum Gasteiger partial charge on any atom is -0.493 e. The standard InChI is InChI=1S/C31H37Cl2N3O6S/c1-7-27(31(38)34-8-2)35(18-22-9-11-25(32)26(33)16-22)30(37)19-36(23-14-20(3)13-21(4)15-23)43(39,40)24-10-12-28(41-5)29(17-24)42-6/h9-17,27H,7-8,18-19H2,1-6H3,(H,34,38). The lowest BCUT2D eigenvalue weighted by Gasteiger charge is -2.33. The van der Waals surface area contributed by atoms with Crippen LogP contribution in [0.5, 0.6) is 11.5 Å². The third-order valence-corrected chi connectivity index (χ3v) is 9.30. The van der Waals surface area contributed by atoms with Gasteiger partial charge in [0.25, 0.3) is 10.0 Å². The molecule has 3 aromatic carbocycles. The summed E-state index contributed by atoms with van der Waals surface area (Å²) in [6.45, 7) is 7.06. The van der Waals surface area contributed by atoms with Gasteiger partial charge < -0.3 is 19.7 Å². The van der Waals surface area contributed by atoms with Gasteiger partial charge in [0.2, 0.25) is 11.8 Å². The fourth-order valence-corrected chi connectivity index (χ4v) is 6.51. The quantitative estimate of drug-likeness (QED) is 0.252. The predicted molar refractivity (Wildman–Crippen MR) is 170 cm³/mol. The number of carbonyl (C=O) groups excluding carboxylic acids is 2. The Kier molecular flexibility index (Phi) is 11.7. The monoisotopic (exact) mass is 649 g/mol. The van der Waals surface area contributed by atoms with Crippen LogP contribution in [0.1, 0.15) is 37.0 Å². The van der Waals surface area contributed by atoms with Crippen LogP contribution in [-0.2, 0) is 26.2 Å². The van der Waals surface area contributed by atoms with Gasteiger partial charge in [0, 0.05) is 19.2 Å². The Morgan fingerprint density at radius 3 is 2.09 bits per heavy atom. The molecule has 1 unspecified atom stereocenters. The number of nitrogens with one attached hydrogen (secondary N) is 1. The Hall–Kier alpha value is -3.47. The average molecular weight is 651 g/mol. The van der Waals surface area contributed by atoms with Crippen molar-refractivity contribution >= 4 is 50.7 Å². The zero-order valence-electron chi connectivity index (χ0n) is 25.1. The summed E-state index contributed by atoms with van der Waals surface area (Å²) in [6, 6.07) is 13.6. The molecule has 0 aliphatic heterocycles. The van der Waals surface area contributed by atoms with Gasteiger partial charge >= 0.3 is 0 Å². The number of carbonyl (C=O) groups is 2. The first kappa shape index (κ1) is 34.0.